The molecule has 144 valence electrons. The van der Waals surface area contributed by atoms with Gasteiger partial charge in [-0.05, 0) is 30.9 Å². The Labute approximate surface area is 174 Å². The second-order valence-corrected chi connectivity index (χ2v) is 6.87. The maximum atomic E-state index is 13.6. The fourth-order valence-electron chi connectivity index (χ4n) is 2.19. The number of hydrogen-bond donors (Lipinski definition) is 2. The molecule has 0 saturated carbocycles. The minimum atomic E-state index is -0.562. The van der Waals surface area contributed by atoms with Crippen LogP contribution >= 0.6 is 35.3 Å². The predicted molar refractivity (Wildman–Crippen MR) is 114 cm³/mol. The van der Waals surface area contributed by atoms with Crippen molar-refractivity contribution in [1.29, 1.82) is 0 Å². The van der Waals surface area contributed by atoms with E-state index in [4.69, 9.17) is 0 Å². The van der Waals surface area contributed by atoms with Crippen LogP contribution in [0.2, 0.25) is 0 Å². The van der Waals surface area contributed by atoms with E-state index in [9.17, 15) is 8.78 Å². The minimum Gasteiger partial charge on any atom is -0.357 e. The van der Waals surface area contributed by atoms with Gasteiger partial charge in [0.25, 0.3) is 0 Å². The summed E-state index contributed by atoms with van der Waals surface area (Å²) < 4.78 is 26.6. The molecule has 26 heavy (non-hydrogen) atoms. The maximum absolute atomic E-state index is 13.6. The van der Waals surface area contributed by atoms with Crippen LogP contribution in [0.15, 0.2) is 28.6 Å². The molecule has 0 spiro atoms. The lowest BCUT2D eigenvalue weighted by molar-refractivity contribution is 0.570. The summed E-state index contributed by atoms with van der Waals surface area (Å²) in [4.78, 5) is 9.07. The van der Waals surface area contributed by atoms with Gasteiger partial charge < -0.3 is 10.6 Å². The maximum Gasteiger partial charge on any atom is 0.191 e. The summed E-state index contributed by atoms with van der Waals surface area (Å²) in [5.74, 6) is -0.0154. The molecule has 0 aliphatic rings. The van der Waals surface area contributed by atoms with Crippen LogP contribution in [0.3, 0.4) is 0 Å². The standard InChI is InChI=1S/C18H24F2N4S.HI/c1-4-21-18(23-10-17-24-16(11-25-17)12(2)3)22-8-7-13-5-6-14(19)9-15(13)20;/h5-6,9,11-12H,4,7-8,10H2,1-3H3,(H2,21,22,23);1H. The molecule has 1 aromatic heterocycles. The highest BCUT2D eigenvalue weighted by Crippen LogP contribution is 2.18. The average molecular weight is 494 g/mol. The van der Waals surface area contributed by atoms with Gasteiger partial charge in [-0.15, -0.1) is 35.3 Å². The SMILES string of the molecule is CCNC(=NCc1nc(C(C)C)cs1)NCCc1ccc(F)cc1F.I. The van der Waals surface area contributed by atoms with Crippen molar-refractivity contribution in [2.45, 2.75) is 39.7 Å². The molecular weight excluding hydrogens is 469 g/mol. The third-order valence-corrected chi connectivity index (χ3v) is 4.43. The summed E-state index contributed by atoms with van der Waals surface area (Å²) in [6, 6.07) is 3.65. The number of benzene rings is 1. The lowest BCUT2D eigenvalue weighted by atomic mass is 10.1. The Morgan fingerprint density at radius 3 is 2.65 bits per heavy atom. The van der Waals surface area contributed by atoms with E-state index in [0.717, 1.165) is 23.3 Å². The molecule has 0 radical (unpaired) electrons. The molecule has 1 heterocycles. The van der Waals surface area contributed by atoms with Crippen molar-refractivity contribution in [3.63, 3.8) is 0 Å². The molecule has 2 rings (SSSR count). The number of aliphatic imine (C=N–C) groups is 1. The number of rotatable bonds is 7. The molecule has 0 aliphatic heterocycles. The molecule has 0 saturated heterocycles. The van der Waals surface area contributed by atoms with Crippen LogP contribution in [-0.2, 0) is 13.0 Å². The first kappa shape index (κ1) is 22.8. The van der Waals surface area contributed by atoms with Gasteiger partial charge in [0.05, 0.1) is 12.2 Å². The smallest absolute Gasteiger partial charge is 0.191 e. The second kappa shape index (κ2) is 11.4. The van der Waals surface area contributed by atoms with Gasteiger partial charge in [0, 0.05) is 24.5 Å². The van der Waals surface area contributed by atoms with Crippen LogP contribution in [0.4, 0.5) is 8.78 Å². The largest absolute Gasteiger partial charge is 0.357 e. The Bertz CT molecular complexity index is 719. The number of halogens is 3. The Balaban J connectivity index is 0.00000338. The van der Waals surface area contributed by atoms with Crippen molar-refractivity contribution >= 4 is 41.3 Å². The molecule has 0 fully saturated rings. The molecule has 0 unspecified atom stereocenters. The van der Waals surface area contributed by atoms with Crippen molar-refractivity contribution < 1.29 is 8.78 Å². The lowest BCUT2D eigenvalue weighted by Gasteiger charge is -2.11. The normalized spacial score (nSPS) is 11.4. The molecule has 2 N–H and O–H groups in total. The van der Waals surface area contributed by atoms with E-state index in [0.29, 0.717) is 37.0 Å². The van der Waals surface area contributed by atoms with Crippen LogP contribution < -0.4 is 10.6 Å². The molecule has 1 aromatic carbocycles. The molecule has 0 atom stereocenters. The van der Waals surface area contributed by atoms with Crippen LogP contribution in [0.1, 0.15) is 43.0 Å². The van der Waals surface area contributed by atoms with Gasteiger partial charge in [-0.2, -0.15) is 0 Å². The highest BCUT2D eigenvalue weighted by molar-refractivity contribution is 14.0. The highest BCUT2D eigenvalue weighted by Gasteiger charge is 2.07. The Morgan fingerprint density at radius 1 is 1.27 bits per heavy atom. The molecule has 0 amide bonds. The lowest BCUT2D eigenvalue weighted by Crippen LogP contribution is -2.38. The van der Waals surface area contributed by atoms with Gasteiger partial charge in [0.1, 0.15) is 16.6 Å². The summed E-state index contributed by atoms with van der Waals surface area (Å²) in [5.41, 5.74) is 1.56. The molecule has 0 aliphatic carbocycles. The van der Waals surface area contributed by atoms with E-state index in [1.165, 1.54) is 12.1 Å². The number of aromatic nitrogens is 1. The minimum absolute atomic E-state index is 0. The molecular formula is C18H25F2IN4S. The van der Waals surface area contributed by atoms with Crippen LogP contribution in [-0.4, -0.2) is 24.0 Å². The number of hydrogen-bond acceptors (Lipinski definition) is 3. The van der Waals surface area contributed by atoms with Crippen LogP contribution in [0, 0.1) is 11.6 Å². The van der Waals surface area contributed by atoms with Crippen LogP contribution in [0.5, 0.6) is 0 Å². The number of guanidine groups is 1. The second-order valence-electron chi connectivity index (χ2n) is 5.93. The highest BCUT2D eigenvalue weighted by atomic mass is 127. The summed E-state index contributed by atoms with van der Waals surface area (Å²) >= 11 is 1.60. The first-order valence-corrected chi connectivity index (χ1v) is 9.28. The van der Waals surface area contributed by atoms with Gasteiger partial charge in [0.15, 0.2) is 5.96 Å². The first-order chi connectivity index (χ1) is 12.0. The summed E-state index contributed by atoms with van der Waals surface area (Å²) in [7, 11) is 0. The number of nitrogens with zero attached hydrogens (tertiary/aromatic N) is 2. The van der Waals surface area contributed by atoms with E-state index in [-0.39, 0.29) is 24.0 Å². The van der Waals surface area contributed by atoms with Crippen molar-refractivity contribution in [2.24, 2.45) is 4.99 Å². The summed E-state index contributed by atoms with van der Waals surface area (Å²) in [6.45, 7) is 7.94. The zero-order valence-electron chi connectivity index (χ0n) is 15.2. The first-order valence-electron chi connectivity index (χ1n) is 8.40. The number of nitrogens with one attached hydrogen (secondary N) is 2. The van der Waals surface area contributed by atoms with Crippen molar-refractivity contribution in [3.05, 3.63) is 51.5 Å². The average Bonchev–Trinajstić information content (AvgIpc) is 3.04. The summed E-state index contributed by atoms with van der Waals surface area (Å²) in [6.07, 6.45) is 0.450. The van der Waals surface area contributed by atoms with E-state index < -0.39 is 11.6 Å². The van der Waals surface area contributed by atoms with Gasteiger partial charge in [0.2, 0.25) is 0 Å². The van der Waals surface area contributed by atoms with Crippen molar-refractivity contribution in [1.82, 2.24) is 15.6 Å². The molecule has 8 heteroatoms. The third kappa shape index (κ3) is 7.14. The van der Waals surface area contributed by atoms with Crippen LogP contribution in [0.25, 0.3) is 0 Å². The Morgan fingerprint density at radius 2 is 2.04 bits per heavy atom. The zero-order chi connectivity index (χ0) is 18.2. The van der Waals surface area contributed by atoms with Gasteiger partial charge in [-0.1, -0.05) is 19.9 Å². The van der Waals surface area contributed by atoms with E-state index >= 15 is 0 Å². The fourth-order valence-corrected chi connectivity index (χ4v) is 3.07. The van der Waals surface area contributed by atoms with E-state index in [2.05, 4.69) is 39.8 Å². The zero-order valence-corrected chi connectivity index (χ0v) is 18.3. The molecule has 4 nitrogen and oxygen atoms in total. The van der Waals surface area contributed by atoms with E-state index in [1.54, 1.807) is 11.3 Å². The van der Waals surface area contributed by atoms with Crippen molar-refractivity contribution in [3.8, 4) is 0 Å². The Kier molecular flexibility index (Phi) is 10.0. The van der Waals surface area contributed by atoms with Gasteiger partial charge in [-0.3, -0.25) is 0 Å². The summed E-state index contributed by atoms with van der Waals surface area (Å²) in [5, 5.41) is 9.35. The topological polar surface area (TPSA) is 49.3 Å². The third-order valence-electron chi connectivity index (χ3n) is 3.58. The molecule has 2 aromatic rings. The fraction of sp³-hybridized carbons (Fsp3) is 0.444. The Hall–Kier alpha value is -1.29. The monoisotopic (exact) mass is 494 g/mol. The molecule has 0 bridgehead atoms. The quantitative estimate of drug-likeness (QED) is 0.340. The number of thiazole rings is 1. The van der Waals surface area contributed by atoms with Gasteiger partial charge in [-0.25, -0.2) is 18.8 Å². The van der Waals surface area contributed by atoms with Crippen molar-refractivity contribution in [2.75, 3.05) is 13.1 Å². The van der Waals surface area contributed by atoms with Gasteiger partial charge >= 0.3 is 0 Å². The predicted octanol–water partition coefficient (Wildman–Crippen LogP) is 4.46. The van der Waals surface area contributed by atoms with E-state index in [1.807, 2.05) is 6.92 Å².